The third-order valence-corrected chi connectivity index (χ3v) is 3.95. The van der Waals surface area contributed by atoms with Crippen LogP contribution < -0.4 is 5.32 Å². The van der Waals surface area contributed by atoms with Gasteiger partial charge >= 0.3 is 5.82 Å². The molecule has 3 unspecified atom stereocenters. The minimum absolute atomic E-state index is 0.0784. The third-order valence-electron chi connectivity index (χ3n) is 3.95. The van der Waals surface area contributed by atoms with Gasteiger partial charge < -0.3 is 15.4 Å². The van der Waals surface area contributed by atoms with Gasteiger partial charge in [0.25, 0.3) is 5.91 Å². The van der Waals surface area contributed by atoms with Gasteiger partial charge in [-0.3, -0.25) is 9.63 Å². The summed E-state index contributed by atoms with van der Waals surface area (Å²) in [6.45, 7) is 3.92. The first-order chi connectivity index (χ1) is 10.3. The Bertz CT molecular complexity index is 573. The molecule has 1 amide bonds. The number of hydrogen-bond acceptors (Lipinski definition) is 6. The number of amides is 1. The minimum atomic E-state index is -0.611. The van der Waals surface area contributed by atoms with Gasteiger partial charge in [0.05, 0.1) is 7.05 Å². The van der Waals surface area contributed by atoms with Gasteiger partial charge in [-0.2, -0.15) is 5.06 Å². The van der Waals surface area contributed by atoms with Crippen molar-refractivity contribution >= 4 is 11.7 Å². The molecule has 2 heterocycles. The fourth-order valence-electron chi connectivity index (χ4n) is 2.42. The highest BCUT2D eigenvalue weighted by molar-refractivity contribution is 5.81. The van der Waals surface area contributed by atoms with E-state index in [1.165, 1.54) is 15.8 Å². The molecule has 0 spiro atoms. The monoisotopic (exact) mass is 311 g/mol. The van der Waals surface area contributed by atoms with Gasteiger partial charge in [0, 0.05) is 19.5 Å². The van der Waals surface area contributed by atoms with E-state index in [0.717, 1.165) is 6.42 Å². The molecule has 1 aromatic heterocycles. The molecule has 2 rings (SSSR count). The number of carbonyl (C=O) groups excluding carboxylic acids is 1. The van der Waals surface area contributed by atoms with Gasteiger partial charge in [0.2, 0.25) is 5.82 Å². The normalized spacial score (nSPS) is 23.5. The molecule has 9 nitrogen and oxygen atoms in total. The van der Waals surface area contributed by atoms with E-state index in [4.69, 9.17) is 4.84 Å². The molecule has 1 aliphatic rings. The summed E-state index contributed by atoms with van der Waals surface area (Å²) < 4.78 is 1.42. The van der Waals surface area contributed by atoms with Crippen LogP contribution in [0.15, 0.2) is 6.20 Å². The number of nitrogens with one attached hydrogen (secondary N) is 1. The van der Waals surface area contributed by atoms with Crippen LogP contribution >= 0.6 is 0 Å². The standard InChI is InChI=1S/C13H21N5O4/c1-5-8(2)15-13(19)10-6-9(17(4)22-10)12-14-7-11(16(12)3)18(20)21/h7-10H,5-6H2,1-4H3,(H,15,19). The van der Waals surface area contributed by atoms with Crippen LogP contribution in [-0.2, 0) is 16.7 Å². The molecule has 1 aliphatic heterocycles. The summed E-state index contributed by atoms with van der Waals surface area (Å²) in [6, 6.07) is -0.221. The molecular formula is C13H21N5O4. The minimum Gasteiger partial charge on any atom is -0.358 e. The van der Waals surface area contributed by atoms with Crippen molar-refractivity contribution < 1.29 is 14.6 Å². The molecule has 0 saturated carbocycles. The van der Waals surface area contributed by atoms with Crippen LogP contribution in [0, 0.1) is 10.1 Å². The van der Waals surface area contributed by atoms with E-state index in [-0.39, 0.29) is 23.8 Å². The lowest BCUT2D eigenvalue weighted by Gasteiger charge is -2.16. The topological polar surface area (TPSA) is 103 Å². The highest BCUT2D eigenvalue weighted by Crippen LogP contribution is 2.33. The summed E-state index contributed by atoms with van der Waals surface area (Å²) in [5.74, 6) is 0.247. The molecule has 1 N–H and O–H groups in total. The Kier molecular flexibility index (Phi) is 4.77. The highest BCUT2D eigenvalue weighted by Gasteiger charge is 2.41. The van der Waals surface area contributed by atoms with Crippen LogP contribution in [0.2, 0.25) is 0 Å². The quantitative estimate of drug-likeness (QED) is 0.641. The average molecular weight is 311 g/mol. The zero-order valence-electron chi connectivity index (χ0n) is 13.1. The lowest BCUT2D eigenvalue weighted by molar-refractivity contribution is -0.391. The molecule has 0 bridgehead atoms. The molecule has 0 radical (unpaired) electrons. The fraction of sp³-hybridized carbons (Fsp3) is 0.692. The van der Waals surface area contributed by atoms with E-state index < -0.39 is 11.0 Å². The molecule has 122 valence electrons. The molecular weight excluding hydrogens is 290 g/mol. The summed E-state index contributed by atoms with van der Waals surface area (Å²) in [7, 11) is 3.28. The van der Waals surface area contributed by atoms with Crippen molar-refractivity contribution in [2.24, 2.45) is 7.05 Å². The summed E-state index contributed by atoms with van der Waals surface area (Å²) in [5.41, 5.74) is 0. The van der Waals surface area contributed by atoms with Gasteiger partial charge in [-0.05, 0) is 18.3 Å². The number of rotatable bonds is 5. The summed E-state index contributed by atoms with van der Waals surface area (Å²) in [5, 5.41) is 15.3. The summed E-state index contributed by atoms with van der Waals surface area (Å²) >= 11 is 0. The van der Waals surface area contributed by atoms with Crippen LogP contribution in [0.4, 0.5) is 5.82 Å². The fourth-order valence-corrected chi connectivity index (χ4v) is 2.42. The van der Waals surface area contributed by atoms with Gasteiger partial charge in [0.1, 0.15) is 12.2 Å². The number of carbonyl (C=O) groups is 1. The van der Waals surface area contributed by atoms with Crippen LogP contribution in [-0.4, -0.2) is 44.6 Å². The predicted octanol–water partition coefficient (Wildman–Crippen LogP) is 0.920. The molecule has 0 aromatic carbocycles. The smallest absolute Gasteiger partial charge is 0.342 e. The number of hydroxylamine groups is 2. The molecule has 1 saturated heterocycles. The van der Waals surface area contributed by atoms with E-state index in [1.807, 2.05) is 13.8 Å². The maximum Gasteiger partial charge on any atom is 0.342 e. The number of imidazole rings is 1. The second-order valence-corrected chi connectivity index (χ2v) is 5.50. The second-order valence-electron chi connectivity index (χ2n) is 5.50. The van der Waals surface area contributed by atoms with Gasteiger partial charge in [0.15, 0.2) is 6.10 Å². The SMILES string of the molecule is CCC(C)NC(=O)C1CC(c2ncc([N+](=O)[O-])n2C)N(C)O1. The molecule has 9 heteroatoms. The van der Waals surface area contributed by atoms with Crippen molar-refractivity contribution in [1.29, 1.82) is 0 Å². The van der Waals surface area contributed by atoms with E-state index in [0.29, 0.717) is 12.2 Å². The molecule has 22 heavy (non-hydrogen) atoms. The van der Waals surface area contributed by atoms with Crippen molar-refractivity contribution in [3.05, 3.63) is 22.1 Å². The van der Waals surface area contributed by atoms with Crippen molar-refractivity contribution in [2.45, 2.75) is 44.9 Å². The lowest BCUT2D eigenvalue weighted by Crippen LogP contribution is -2.39. The van der Waals surface area contributed by atoms with Crippen LogP contribution in [0.1, 0.15) is 38.6 Å². The molecule has 1 fully saturated rings. The number of nitro groups is 1. The molecule has 0 aliphatic carbocycles. The van der Waals surface area contributed by atoms with E-state index in [1.54, 1.807) is 14.1 Å². The second kappa shape index (κ2) is 6.41. The van der Waals surface area contributed by atoms with Crippen LogP contribution in [0.5, 0.6) is 0 Å². The third kappa shape index (κ3) is 3.09. The van der Waals surface area contributed by atoms with Crippen molar-refractivity contribution in [3.8, 4) is 0 Å². The van der Waals surface area contributed by atoms with Crippen molar-refractivity contribution in [2.75, 3.05) is 7.05 Å². The van der Waals surface area contributed by atoms with E-state index >= 15 is 0 Å². The average Bonchev–Trinajstić information content (AvgIpc) is 3.01. The van der Waals surface area contributed by atoms with Crippen molar-refractivity contribution in [3.63, 3.8) is 0 Å². The lowest BCUT2D eigenvalue weighted by atomic mass is 10.1. The molecule has 3 atom stereocenters. The van der Waals surface area contributed by atoms with E-state index in [2.05, 4.69) is 10.3 Å². The maximum atomic E-state index is 12.1. The zero-order valence-corrected chi connectivity index (χ0v) is 13.1. The van der Waals surface area contributed by atoms with Gasteiger partial charge in [-0.1, -0.05) is 6.92 Å². The Morgan fingerprint density at radius 3 is 2.86 bits per heavy atom. The summed E-state index contributed by atoms with van der Waals surface area (Å²) in [6.07, 6.45) is 1.85. The Labute approximate surface area is 128 Å². The van der Waals surface area contributed by atoms with Gasteiger partial charge in [-0.25, -0.2) is 9.55 Å². The first-order valence-electron chi connectivity index (χ1n) is 7.21. The Morgan fingerprint density at radius 1 is 1.64 bits per heavy atom. The predicted molar refractivity (Wildman–Crippen MR) is 77.8 cm³/mol. The summed E-state index contributed by atoms with van der Waals surface area (Å²) in [4.78, 5) is 32.2. The molecule has 1 aromatic rings. The Hall–Kier alpha value is -2.00. The first-order valence-corrected chi connectivity index (χ1v) is 7.21. The zero-order chi connectivity index (χ0) is 16.4. The van der Waals surface area contributed by atoms with Crippen LogP contribution in [0.25, 0.3) is 0 Å². The largest absolute Gasteiger partial charge is 0.358 e. The Morgan fingerprint density at radius 2 is 2.32 bits per heavy atom. The Balaban J connectivity index is 2.11. The first kappa shape index (κ1) is 16.4. The number of aromatic nitrogens is 2. The van der Waals surface area contributed by atoms with Crippen LogP contribution in [0.3, 0.4) is 0 Å². The highest BCUT2D eigenvalue weighted by atomic mass is 16.7. The van der Waals surface area contributed by atoms with Crippen molar-refractivity contribution in [1.82, 2.24) is 19.9 Å². The maximum absolute atomic E-state index is 12.1. The van der Waals surface area contributed by atoms with E-state index in [9.17, 15) is 14.9 Å². The number of nitrogens with zero attached hydrogens (tertiary/aromatic N) is 4. The van der Waals surface area contributed by atoms with Gasteiger partial charge in [-0.15, -0.1) is 0 Å². The number of hydrogen-bond donors (Lipinski definition) is 1.